The molecule has 0 bridgehead atoms. The fourth-order valence-electron chi connectivity index (χ4n) is 1.12. The normalized spacial score (nSPS) is 10.8. The lowest BCUT2D eigenvalue weighted by Gasteiger charge is -1.99. The molecule has 0 aliphatic rings. The van der Waals surface area contributed by atoms with E-state index < -0.39 is 0 Å². The summed E-state index contributed by atoms with van der Waals surface area (Å²) in [5.41, 5.74) is 0. The highest BCUT2D eigenvalue weighted by Gasteiger charge is 2.02. The van der Waals surface area contributed by atoms with E-state index in [2.05, 4.69) is 10.3 Å². The first-order valence-corrected chi connectivity index (χ1v) is 4.99. The van der Waals surface area contributed by atoms with E-state index in [9.17, 15) is 0 Å². The van der Waals surface area contributed by atoms with Crippen molar-refractivity contribution in [2.45, 2.75) is 13.0 Å². The van der Waals surface area contributed by atoms with E-state index >= 15 is 0 Å². The Hall–Kier alpha value is -0.910. The van der Waals surface area contributed by atoms with Gasteiger partial charge in [-0.05, 0) is 0 Å². The standard InChI is InChI=1S/C10H18N2O3/c1-13-5-3-9-7-12-10(15-9)8-11-4-6-14-2/h7,11H,3-6,8H2,1-2H3. The van der Waals surface area contributed by atoms with Crippen molar-refractivity contribution in [3.8, 4) is 0 Å². The van der Waals surface area contributed by atoms with Crippen LogP contribution < -0.4 is 5.32 Å². The second kappa shape index (κ2) is 7.39. The molecule has 1 aromatic heterocycles. The number of aromatic nitrogens is 1. The van der Waals surface area contributed by atoms with Gasteiger partial charge in [-0.25, -0.2) is 4.98 Å². The zero-order valence-electron chi connectivity index (χ0n) is 9.28. The molecule has 86 valence electrons. The fraction of sp³-hybridized carbons (Fsp3) is 0.700. The molecule has 15 heavy (non-hydrogen) atoms. The lowest BCUT2D eigenvalue weighted by molar-refractivity contribution is 0.194. The first-order valence-electron chi connectivity index (χ1n) is 4.99. The number of oxazole rings is 1. The van der Waals surface area contributed by atoms with E-state index in [1.165, 1.54) is 0 Å². The quantitative estimate of drug-likeness (QED) is 0.642. The van der Waals surface area contributed by atoms with Gasteiger partial charge in [0.25, 0.3) is 0 Å². The number of methoxy groups -OCH3 is 2. The summed E-state index contributed by atoms with van der Waals surface area (Å²) < 4.78 is 15.3. The Kier molecular flexibility index (Phi) is 5.99. The average Bonchev–Trinajstić information content (AvgIpc) is 2.69. The minimum atomic E-state index is 0.635. The zero-order valence-corrected chi connectivity index (χ0v) is 9.28. The monoisotopic (exact) mass is 214 g/mol. The van der Waals surface area contributed by atoms with Crippen molar-refractivity contribution >= 4 is 0 Å². The van der Waals surface area contributed by atoms with Crippen LogP contribution in [0.15, 0.2) is 10.6 Å². The van der Waals surface area contributed by atoms with Crippen LogP contribution in [0.3, 0.4) is 0 Å². The van der Waals surface area contributed by atoms with Crippen LogP contribution in [0.4, 0.5) is 0 Å². The highest BCUT2D eigenvalue weighted by molar-refractivity contribution is 4.94. The van der Waals surface area contributed by atoms with Gasteiger partial charge in [0.2, 0.25) is 5.89 Å². The van der Waals surface area contributed by atoms with E-state index in [1.807, 2.05) is 0 Å². The summed E-state index contributed by atoms with van der Waals surface area (Å²) in [5.74, 6) is 1.57. The average molecular weight is 214 g/mol. The first-order chi connectivity index (χ1) is 7.36. The third-order valence-electron chi connectivity index (χ3n) is 1.91. The maximum atomic E-state index is 5.47. The number of hydrogen-bond acceptors (Lipinski definition) is 5. The number of rotatable bonds is 8. The topological polar surface area (TPSA) is 56.5 Å². The van der Waals surface area contributed by atoms with E-state index in [0.717, 1.165) is 18.7 Å². The summed E-state index contributed by atoms with van der Waals surface area (Å²) in [6.07, 6.45) is 2.51. The van der Waals surface area contributed by atoms with Gasteiger partial charge in [0.15, 0.2) is 0 Å². The van der Waals surface area contributed by atoms with Crippen LogP contribution in [0.5, 0.6) is 0 Å². The van der Waals surface area contributed by atoms with Crippen molar-refractivity contribution in [1.29, 1.82) is 0 Å². The zero-order chi connectivity index (χ0) is 10.9. The molecule has 0 unspecified atom stereocenters. The Morgan fingerprint density at radius 2 is 2.13 bits per heavy atom. The Morgan fingerprint density at radius 3 is 2.87 bits per heavy atom. The summed E-state index contributed by atoms with van der Waals surface area (Å²) in [6, 6.07) is 0. The second-order valence-electron chi connectivity index (χ2n) is 3.13. The number of hydrogen-bond donors (Lipinski definition) is 1. The molecule has 0 amide bonds. The molecule has 0 saturated carbocycles. The van der Waals surface area contributed by atoms with Crippen molar-refractivity contribution in [3.63, 3.8) is 0 Å². The Labute approximate surface area is 89.8 Å². The number of nitrogens with zero attached hydrogens (tertiary/aromatic N) is 1. The van der Waals surface area contributed by atoms with Gasteiger partial charge in [0.1, 0.15) is 5.76 Å². The number of ether oxygens (including phenoxy) is 2. The molecule has 0 atom stereocenters. The maximum absolute atomic E-state index is 5.47. The van der Waals surface area contributed by atoms with E-state index in [1.54, 1.807) is 20.4 Å². The van der Waals surface area contributed by atoms with Gasteiger partial charge in [-0.3, -0.25) is 0 Å². The molecular weight excluding hydrogens is 196 g/mol. The van der Waals surface area contributed by atoms with Gasteiger partial charge >= 0.3 is 0 Å². The predicted octanol–water partition coefficient (Wildman–Crippen LogP) is 0.599. The summed E-state index contributed by atoms with van der Waals surface area (Å²) in [7, 11) is 3.35. The summed E-state index contributed by atoms with van der Waals surface area (Å²) in [5, 5.41) is 3.16. The third kappa shape index (κ3) is 4.92. The molecule has 0 spiro atoms. The Bertz CT molecular complexity index is 263. The van der Waals surface area contributed by atoms with Crippen molar-refractivity contribution < 1.29 is 13.9 Å². The van der Waals surface area contributed by atoms with E-state index in [4.69, 9.17) is 13.9 Å². The van der Waals surface area contributed by atoms with Crippen molar-refractivity contribution in [2.75, 3.05) is 34.0 Å². The Balaban J connectivity index is 2.20. The predicted molar refractivity (Wildman–Crippen MR) is 55.7 cm³/mol. The molecular formula is C10H18N2O3. The largest absolute Gasteiger partial charge is 0.444 e. The molecule has 5 heteroatoms. The molecule has 0 aliphatic heterocycles. The van der Waals surface area contributed by atoms with Crippen LogP contribution in [0.2, 0.25) is 0 Å². The molecule has 0 saturated heterocycles. The van der Waals surface area contributed by atoms with Crippen LogP contribution >= 0.6 is 0 Å². The molecule has 0 fully saturated rings. The van der Waals surface area contributed by atoms with Gasteiger partial charge in [-0.15, -0.1) is 0 Å². The summed E-state index contributed by atoms with van der Waals surface area (Å²) >= 11 is 0. The lowest BCUT2D eigenvalue weighted by atomic mass is 10.4. The van der Waals surface area contributed by atoms with Gasteiger partial charge in [-0.2, -0.15) is 0 Å². The minimum Gasteiger partial charge on any atom is -0.444 e. The molecule has 1 rings (SSSR count). The van der Waals surface area contributed by atoms with E-state index in [0.29, 0.717) is 25.6 Å². The molecule has 0 aromatic carbocycles. The molecule has 0 aliphatic carbocycles. The smallest absolute Gasteiger partial charge is 0.208 e. The van der Waals surface area contributed by atoms with E-state index in [-0.39, 0.29) is 0 Å². The first kappa shape index (κ1) is 12.2. The van der Waals surface area contributed by atoms with Crippen LogP contribution in [0.25, 0.3) is 0 Å². The van der Waals surface area contributed by atoms with Crippen LogP contribution in [0.1, 0.15) is 11.7 Å². The van der Waals surface area contributed by atoms with Crippen molar-refractivity contribution in [2.24, 2.45) is 0 Å². The van der Waals surface area contributed by atoms with Gasteiger partial charge in [0, 0.05) is 27.2 Å². The highest BCUT2D eigenvalue weighted by atomic mass is 16.5. The molecule has 0 radical (unpaired) electrons. The van der Waals surface area contributed by atoms with Gasteiger partial charge in [0.05, 0.1) is 26.0 Å². The molecule has 1 N–H and O–H groups in total. The Morgan fingerprint density at radius 1 is 1.33 bits per heavy atom. The highest BCUT2D eigenvalue weighted by Crippen LogP contribution is 2.04. The molecule has 5 nitrogen and oxygen atoms in total. The van der Waals surface area contributed by atoms with Crippen LogP contribution in [-0.4, -0.2) is 39.0 Å². The maximum Gasteiger partial charge on any atom is 0.208 e. The summed E-state index contributed by atoms with van der Waals surface area (Å²) in [6.45, 7) is 2.78. The number of nitrogens with one attached hydrogen (secondary N) is 1. The second-order valence-corrected chi connectivity index (χ2v) is 3.13. The lowest BCUT2D eigenvalue weighted by Crippen LogP contribution is -2.18. The SMILES string of the molecule is COCCNCc1ncc(CCOC)o1. The van der Waals surface area contributed by atoms with Crippen molar-refractivity contribution in [3.05, 3.63) is 17.8 Å². The summed E-state index contributed by atoms with van der Waals surface area (Å²) in [4.78, 5) is 4.14. The third-order valence-corrected chi connectivity index (χ3v) is 1.91. The van der Waals surface area contributed by atoms with Gasteiger partial charge in [-0.1, -0.05) is 0 Å². The van der Waals surface area contributed by atoms with Crippen molar-refractivity contribution in [1.82, 2.24) is 10.3 Å². The van der Waals surface area contributed by atoms with Gasteiger partial charge < -0.3 is 19.2 Å². The molecule has 1 aromatic rings. The minimum absolute atomic E-state index is 0.635. The molecule has 1 heterocycles. The van der Waals surface area contributed by atoms with Crippen LogP contribution in [0, 0.1) is 0 Å². The fourth-order valence-corrected chi connectivity index (χ4v) is 1.12. The van der Waals surface area contributed by atoms with Crippen LogP contribution in [-0.2, 0) is 22.4 Å².